The number of amides is 1. The van der Waals surface area contributed by atoms with Gasteiger partial charge in [0.15, 0.2) is 11.6 Å². The second kappa shape index (κ2) is 11.3. The predicted octanol–water partition coefficient (Wildman–Crippen LogP) is 5.90. The maximum atomic E-state index is 14.6. The number of carbonyl (C=O) groups is 2. The van der Waals surface area contributed by atoms with E-state index in [0.717, 1.165) is 49.8 Å². The van der Waals surface area contributed by atoms with Crippen LogP contribution in [0, 0.1) is 17.6 Å². The molecule has 1 saturated carbocycles. The molecule has 2 N–H and O–H groups in total. The van der Waals surface area contributed by atoms with Gasteiger partial charge in [0.05, 0.1) is 16.6 Å². The molecule has 1 unspecified atom stereocenters. The number of aromatic carboxylic acids is 1. The number of halogens is 2. The lowest BCUT2D eigenvalue weighted by Crippen LogP contribution is -2.35. The molecule has 2 aromatic carbocycles. The Kier molecular flexibility index (Phi) is 7.65. The van der Waals surface area contributed by atoms with Gasteiger partial charge in [-0.15, -0.1) is 0 Å². The molecule has 5 rings (SSSR count). The number of methoxy groups -OCH3 is 1. The van der Waals surface area contributed by atoms with Gasteiger partial charge < -0.3 is 19.7 Å². The van der Waals surface area contributed by atoms with Gasteiger partial charge in [-0.3, -0.25) is 4.79 Å². The number of carbonyl (C=O) groups excluding carboxylic acids is 1. The number of hydrogen-bond acceptors (Lipinski definition) is 5. The third kappa shape index (κ3) is 5.37. The molecule has 39 heavy (non-hydrogen) atoms. The van der Waals surface area contributed by atoms with Crippen molar-refractivity contribution in [2.75, 3.05) is 12.4 Å². The summed E-state index contributed by atoms with van der Waals surface area (Å²) in [6.45, 7) is 0. The van der Waals surface area contributed by atoms with Crippen LogP contribution in [0.2, 0.25) is 0 Å². The minimum Gasteiger partial charge on any atom is -0.478 e. The van der Waals surface area contributed by atoms with E-state index in [-0.39, 0.29) is 28.3 Å². The molecule has 0 bridgehead atoms. The largest absolute Gasteiger partial charge is 0.478 e. The number of hydrogen-bond donors (Lipinski definition) is 2. The fourth-order valence-corrected chi connectivity index (χ4v) is 5.39. The Hall–Kier alpha value is -4.18. The molecule has 0 aliphatic heterocycles. The fourth-order valence-electron chi connectivity index (χ4n) is 5.39. The van der Waals surface area contributed by atoms with E-state index in [9.17, 15) is 23.5 Å². The van der Waals surface area contributed by atoms with E-state index in [1.54, 1.807) is 4.57 Å². The summed E-state index contributed by atoms with van der Waals surface area (Å²) in [5.74, 6) is -3.20. The smallest absolute Gasteiger partial charge is 0.337 e. The Morgan fingerprint density at radius 3 is 2.41 bits per heavy atom. The zero-order chi connectivity index (χ0) is 27.5. The zero-order valence-corrected chi connectivity index (χ0v) is 21.3. The van der Waals surface area contributed by atoms with Crippen LogP contribution in [-0.2, 0) is 9.53 Å². The topological polar surface area (TPSA) is 106 Å². The van der Waals surface area contributed by atoms with E-state index < -0.39 is 35.7 Å². The van der Waals surface area contributed by atoms with E-state index in [1.807, 2.05) is 30.3 Å². The normalized spacial score (nSPS) is 15.7. The van der Waals surface area contributed by atoms with Crippen LogP contribution in [0.15, 0.2) is 60.8 Å². The Morgan fingerprint density at radius 2 is 1.77 bits per heavy atom. The first-order valence-corrected chi connectivity index (χ1v) is 12.8. The number of benzene rings is 2. The minimum atomic E-state index is -1.13. The summed E-state index contributed by atoms with van der Waals surface area (Å²) >= 11 is 0. The highest BCUT2D eigenvalue weighted by atomic mass is 19.2. The number of nitrogens with one attached hydrogen (secondary N) is 1. The summed E-state index contributed by atoms with van der Waals surface area (Å²) < 4.78 is 36.4. The first kappa shape index (κ1) is 26.4. The Balaban J connectivity index is 1.66. The van der Waals surface area contributed by atoms with E-state index in [4.69, 9.17) is 4.74 Å². The van der Waals surface area contributed by atoms with Crippen LogP contribution in [0.25, 0.3) is 11.0 Å². The van der Waals surface area contributed by atoms with Crippen molar-refractivity contribution >= 4 is 28.7 Å². The molecule has 1 fully saturated rings. The number of rotatable bonds is 8. The summed E-state index contributed by atoms with van der Waals surface area (Å²) in [5, 5.41) is 12.0. The molecule has 0 spiro atoms. The van der Waals surface area contributed by atoms with Crippen molar-refractivity contribution < 1.29 is 28.2 Å². The fraction of sp³-hybridized carbons (Fsp3) is 0.310. The number of anilines is 1. The van der Waals surface area contributed by atoms with Crippen molar-refractivity contribution in [3.63, 3.8) is 0 Å². The van der Waals surface area contributed by atoms with Gasteiger partial charge in [-0.1, -0.05) is 49.6 Å². The number of fused-ring (bicyclic) bond motifs is 1. The average molecular weight is 535 g/mol. The molecule has 2 aromatic heterocycles. The predicted molar refractivity (Wildman–Crippen MR) is 140 cm³/mol. The van der Waals surface area contributed by atoms with E-state index in [2.05, 4.69) is 15.3 Å². The molecular weight excluding hydrogens is 506 g/mol. The number of pyridine rings is 1. The van der Waals surface area contributed by atoms with Crippen molar-refractivity contribution in [1.29, 1.82) is 0 Å². The number of carboxylic acid groups (broad SMARTS) is 1. The maximum absolute atomic E-state index is 14.6. The minimum absolute atomic E-state index is 0.0111. The maximum Gasteiger partial charge on any atom is 0.337 e. The lowest BCUT2D eigenvalue weighted by atomic mass is 9.83. The van der Waals surface area contributed by atoms with Crippen LogP contribution in [0.5, 0.6) is 0 Å². The highest BCUT2D eigenvalue weighted by molar-refractivity contribution is 5.95. The van der Waals surface area contributed by atoms with Crippen LogP contribution < -0.4 is 5.32 Å². The summed E-state index contributed by atoms with van der Waals surface area (Å²) in [4.78, 5) is 34.0. The van der Waals surface area contributed by atoms with Crippen LogP contribution >= 0.6 is 0 Å². The highest BCUT2D eigenvalue weighted by Gasteiger charge is 2.36. The van der Waals surface area contributed by atoms with E-state index in [0.29, 0.717) is 5.82 Å². The molecule has 2 heterocycles. The number of nitrogens with zero attached hydrogens (tertiary/aromatic N) is 3. The molecule has 0 radical (unpaired) electrons. The molecule has 1 aliphatic rings. The molecule has 4 aromatic rings. The third-order valence-corrected chi connectivity index (χ3v) is 7.24. The highest BCUT2D eigenvalue weighted by Crippen LogP contribution is 2.39. The van der Waals surface area contributed by atoms with Gasteiger partial charge in [0, 0.05) is 25.4 Å². The van der Waals surface area contributed by atoms with Crippen LogP contribution in [0.3, 0.4) is 0 Å². The van der Waals surface area contributed by atoms with Gasteiger partial charge in [0.2, 0.25) is 5.91 Å². The molecule has 1 aliphatic carbocycles. The SMILES string of the molecule is COC(c1ccccc1)c1nc2cc(F)c(F)cc2n1[C@H](C(=O)Nc1ccc(C(=O)O)cn1)C1CCCCC1. The Labute approximate surface area is 223 Å². The molecule has 1 amide bonds. The van der Waals surface area contributed by atoms with Crippen molar-refractivity contribution in [2.24, 2.45) is 5.92 Å². The summed E-state index contributed by atoms with van der Waals surface area (Å²) in [5.41, 5.74) is 1.25. The van der Waals surface area contributed by atoms with E-state index >= 15 is 0 Å². The van der Waals surface area contributed by atoms with Gasteiger partial charge in [0.25, 0.3) is 0 Å². The molecule has 2 atom stereocenters. The molecule has 10 heteroatoms. The molecule has 8 nitrogen and oxygen atoms in total. The van der Waals surface area contributed by atoms with Crippen LogP contribution in [0.1, 0.15) is 66.0 Å². The molecular formula is C29H28F2N4O4. The van der Waals surface area contributed by atoms with Crippen LogP contribution in [-0.4, -0.2) is 38.6 Å². The average Bonchev–Trinajstić information content (AvgIpc) is 3.28. The second-order valence-corrected chi connectivity index (χ2v) is 9.69. The zero-order valence-electron chi connectivity index (χ0n) is 21.3. The summed E-state index contributed by atoms with van der Waals surface area (Å²) in [6.07, 6.45) is 4.88. The van der Waals surface area contributed by atoms with Gasteiger partial charge in [-0.05, 0) is 36.5 Å². The van der Waals surface area contributed by atoms with Crippen molar-refractivity contribution in [1.82, 2.24) is 14.5 Å². The quantitative estimate of drug-likeness (QED) is 0.291. The van der Waals surface area contributed by atoms with Gasteiger partial charge >= 0.3 is 5.97 Å². The monoisotopic (exact) mass is 534 g/mol. The summed E-state index contributed by atoms with van der Waals surface area (Å²) in [6, 6.07) is 13.3. The standard InChI is InChI=1S/C29H28F2N4O4/c1-39-26(18-10-6-3-7-11-18)27-33-22-14-20(30)21(31)15-23(22)35(27)25(17-8-4-2-5-9-17)28(36)34-24-13-12-19(16-32-24)29(37)38/h3,6-7,10-17,25-26H,2,4-5,8-9H2,1H3,(H,37,38)(H,32,34,36)/t25-,26?/m0/s1. The van der Waals surface area contributed by atoms with Gasteiger partial charge in [-0.25, -0.2) is 23.5 Å². The van der Waals surface area contributed by atoms with E-state index in [1.165, 1.54) is 25.4 Å². The first-order valence-electron chi connectivity index (χ1n) is 12.8. The second-order valence-electron chi connectivity index (χ2n) is 9.69. The number of carboxylic acids is 1. The number of ether oxygens (including phenoxy) is 1. The first-order chi connectivity index (χ1) is 18.9. The Bertz CT molecular complexity index is 1480. The Morgan fingerprint density at radius 1 is 1.05 bits per heavy atom. The van der Waals surface area contributed by atoms with Gasteiger partial charge in [-0.2, -0.15) is 0 Å². The molecule has 202 valence electrons. The lowest BCUT2D eigenvalue weighted by Gasteiger charge is -2.32. The van der Waals surface area contributed by atoms with Crippen molar-refractivity contribution in [3.8, 4) is 0 Å². The van der Waals surface area contributed by atoms with Crippen molar-refractivity contribution in [3.05, 3.63) is 89.4 Å². The molecule has 0 saturated heterocycles. The summed E-state index contributed by atoms with van der Waals surface area (Å²) in [7, 11) is 1.52. The van der Waals surface area contributed by atoms with Crippen LogP contribution in [0.4, 0.5) is 14.6 Å². The number of imidazole rings is 1. The third-order valence-electron chi connectivity index (χ3n) is 7.24. The van der Waals surface area contributed by atoms with Gasteiger partial charge in [0.1, 0.15) is 23.8 Å². The number of aromatic nitrogens is 3. The lowest BCUT2D eigenvalue weighted by molar-refractivity contribution is -0.121. The van der Waals surface area contributed by atoms with Crippen molar-refractivity contribution in [2.45, 2.75) is 44.2 Å².